The van der Waals surface area contributed by atoms with Crippen LogP contribution in [0.2, 0.25) is 5.02 Å². The van der Waals surface area contributed by atoms with Gasteiger partial charge in [0.05, 0.1) is 28.4 Å². The van der Waals surface area contributed by atoms with Crippen LogP contribution in [0.25, 0.3) is 11.0 Å². The molecule has 7 heteroatoms. The number of ketones is 1. The highest BCUT2D eigenvalue weighted by Gasteiger charge is 2.37. The number of benzene rings is 2. The normalized spacial score (nSPS) is 20.0. The molecule has 2 atom stereocenters. The third-order valence-corrected chi connectivity index (χ3v) is 7.60. The van der Waals surface area contributed by atoms with Gasteiger partial charge < -0.3 is 15.1 Å². The molecule has 2 aliphatic rings. The van der Waals surface area contributed by atoms with E-state index < -0.39 is 6.04 Å². The number of hydrogen-bond donors (Lipinski definition) is 2. The molecule has 6 rings (SSSR count). The van der Waals surface area contributed by atoms with Gasteiger partial charge in [-0.1, -0.05) is 29.8 Å². The number of allylic oxidation sites excluding steroid dienone is 1. The Morgan fingerprint density at radius 2 is 1.85 bits per heavy atom. The smallest absolute Gasteiger partial charge is 0.198 e. The Bertz CT molecular complexity index is 1490. The average Bonchev–Trinajstić information content (AvgIpc) is 3.29. The van der Waals surface area contributed by atoms with Crippen molar-refractivity contribution >= 4 is 51.1 Å². The van der Waals surface area contributed by atoms with Gasteiger partial charge in [0.2, 0.25) is 0 Å². The summed E-state index contributed by atoms with van der Waals surface area (Å²) in [6, 6.07) is 16.2. The number of nitrogens with one attached hydrogen (secondary N) is 2. The number of halogens is 1. The van der Waals surface area contributed by atoms with E-state index in [1.54, 1.807) is 29.5 Å². The number of carbonyl (C=O) groups is 1. The minimum atomic E-state index is -0.632. The van der Waals surface area contributed by atoms with E-state index >= 15 is 0 Å². The number of hydrogen-bond acceptors (Lipinski definition) is 6. The third kappa shape index (κ3) is 3.46. The number of para-hydroxylation sites is 2. The van der Waals surface area contributed by atoms with Crippen LogP contribution in [0.5, 0.6) is 0 Å². The van der Waals surface area contributed by atoms with Crippen molar-refractivity contribution < 1.29 is 9.21 Å². The molecule has 1 aliphatic carbocycles. The van der Waals surface area contributed by atoms with Gasteiger partial charge in [-0.25, -0.2) is 0 Å². The molecule has 2 aromatic heterocycles. The molecule has 0 unspecified atom stereocenters. The van der Waals surface area contributed by atoms with Crippen LogP contribution in [0.15, 0.2) is 86.7 Å². The van der Waals surface area contributed by atoms with Crippen molar-refractivity contribution in [3.05, 3.63) is 103 Å². The standard InChI is InChI=1S/C26H19ClN2O3S/c27-15-7-8-22-16(12-15)26(31)17(13-32-22)25-24-20(28-18-4-1-2-5-19(18)29-25)10-14(11-21(24)30)23-6-3-9-33-23/h1-9,12-14,25,28-29H,10-11H2/t14-,25+/m1/s1. The van der Waals surface area contributed by atoms with Crippen LogP contribution in [0.3, 0.4) is 0 Å². The van der Waals surface area contributed by atoms with Gasteiger partial charge in [0.25, 0.3) is 0 Å². The average molecular weight is 475 g/mol. The minimum absolute atomic E-state index is 0.0260. The van der Waals surface area contributed by atoms with E-state index in [9.17, 15) is 9.59 Å². The van der Waals surface area contributed by atoms with Gasteiger partial charge in [-0.05, 0) is 48.2 Å². The molecule has 3 heterocycles. The molecule has 164 valence electrons. The molecule has 0 spiro atoms. The summed E-state index contributed by atoms with van der Waals surface area (Å²) in [6.45, 7) is 0. The molecule has 0 saturated heterocycles. The summed E-state index contributed by atoms with van der Waals surface area (Å²) in [4.78, 5) is 28.3. The first kappa shape index (κ1) is 20.3. The number of rotatable bonds is 2. The second-order valence-electron chi connectivity index (χ2n) is 8.34. The molecular weight excluding hydrogens is 456 g/mol. The molecule has 0 saturated carbocycles. The van der Waals surface area contributed by atoms with Crippen molar-refractivity contribution in [2.75, 3.05) is 10.6 Å². The zero-order valence-electron chi connectivity index (χ0n) is 17.4. The maximum absolute atomic E-state index is 13.6. The fraction of sp³-hybridized carbons (Fsp3) is 0.154. The summed E-state index contributed by atoms with van der Waals surface area (Å²) < 4.78 is 5.80. The highest BCUT2D eigenvalue weighted by atomic mass is 35.5. The van der Waals surface area contributed by atoms with Crippen LogP contribution < -0.4 is 16.1 Å². The van der Waals surface area contributed by atoms with Crippen LogP contribution in [0, 0.1) is 0 Å². The maximum atomic E-state index is 13.6. The van der Waals surface area contributed by atoms with E-state index in [2.05, 4.69) is 16.7 Å². The van der Waals surface area contributed by atoms with E-state index in [1.807, 2.05) is 35.7 Å². The fourth-order valence-corrected chi connectivity index (χ4v) is 5.77. The summed E-state index contributed by atoms with van der Waals surface area (Å²) in [5, 5.41) is 9.83. The first-order valence-corrected chi connectivity index (χ1v) is 12.0. The number of carbonyl (C=O) groups excluding carboxylic acids is 1. The van der Waals surface area contributed by atoms with E-state index in [-0.39, 0.29) is 17.1 Å². The second-order valence-corrected chi connectivity index (χ2v) is 9.76. The molecule has 0 amide bonds. The Labute approximate surface area is 198 Å². The SMILES string of the molecule is O=C1C[C@H](c2cccs2)CC2=C1[C@H](c1coc3ccc(Cl)cc3c1=O)Nc1ccccc1N2. The summed E-state index contributed by atoms with van der Waals surface area (Å²) in [7, 11) is 0. The highest BCUT2D eigenvalue weighted by molar-refractivity contribution is 7.10. The van der Waals surface area contributed by atoms with Crippen molar-refractivity contribution in [2.45, 2.75) is 24.8 Å². The van der Waals surface area contributed by atoms with Gasteiger partial charge in [-0.2, -0.15) is 0 Å². The van der Waals surface area contributed by atoms with Gasteiger partial charge in [-0.15, -0.1) is 11.3 Å². The van der Waals surface area contributed by atoms with Crippen molar-refractivity contribution in [3.63, 3.8) is 0 Å². The Hall–Kier alpha value is -3.35. The molecule has 4 aromatic rings. The van der Waals surface area contributed by atoms with Crippen LogP contribution in [-0.4, -0.2) is 5.78 Å². The lowest BCUT2D eigenvalue weighted by Crippen LogP contribution is -2.29. The van der Waals surface area contributed by atoms with E-state index in [4.69, 9.17) is 16.0 Å². The first-order valence-electron chi connectivity index (χ1n) is 10.7. The number of anilines is 2. The molecule has 0 fully saturated rings. The Kier molecular flexibility index (Phi) is 4.85. The van der Waals surface area contributed by atoms with Crippen LogP contribution >= 0.6 is 22.9 Å². The minimum Gasteiger partial charge on any atom is -0.464 e. The molecule has 1 aliphatic heterocycles. The molecular formula is C26H19ClN2O3S. The maximum Gasteiger partial charge on any atom is 0.198 e. The summed E-state index contributed by atoms with van der Waals surface area (Å²) in [5.41, 5.74) is 3.78. The van der Waals surface area contributed by atoms with Crippen molar-refractivity contribution in [3.8, 4) is 0 Å². The van der Waals surface area contributed by atoms with Crippen molar-refractivity contribution in [1.29, 1.82) is 0 Å². The quantitative estimate of drug-likeness (QED) is 0.347. The third-order valence-electron chi connectivity index (χ3n) is 6.33. The lowest BCUT2D eigenvalue weighted by atomic mass is 9.81. The van der Waals surface area contributed by atoms with Crippen LogP contribution in [0.4, 0.5) is 11.4 Å². The van der Waals surface area contributed by atoms with Crippen molar-refractivity contribution in [1.82, 2.24) is 0 Å². The Morgan fingerprint density at radius 1 is 1.00 bits per heavy atom. The zero-order valence-corrected chi connectivity index (χ0v) is 19.0. The zero-order chi connectivity index (χ0) is 22.5. The van der Waals surface area contributed by atoms with Gasteiger partial charge >= 0.3 is 0 Å². The van der Waals surface area contributed by atoms with E-state index in [1.165, 1.54) is 11.1 Å². The van der Waals surface area contributed by atoms with Gasteiger partial charge in [0, 0.05) is 33.5 Å². The monoisotopic (exact) mass is 474 g/mol. The highest BCUT2D eigenvalue weighted by Crippen LogP contribution is 2.44. The summed E-state index contributed by atoms with van der Waals surface area (Å²) in [6.07, 6.45) is 2.56. The number of fused-ring (bicyclic) bond motifs is 2. The molecule has 2 aromatic carbocycles. The largest absolute Gasteiger partial charge is 0.464 e. The lowest BCUT2D eigenvalue weighted by molar-refractivity contribution is -0.116. The molecule has 33 heavy (non-hydrogen) atoms. The number of Topliss-reactive ketones (excluding diaryl/α,β-unsaturated/α-hetero) is 1. The molecule has 0 radical (unpaired) electrons. The Morgan fingerprint density at radius 3 is 2.67 bits per heavy atom. The predicted molar refractivity (Wildman–Crippen MR) is 132 cm³/mol. The first-order chi connectivity index (χ1) is 16.1. The summed E-state index contributed by atoms with van der Waals surface area (Å²) >= 11 is 7.82. The van der Waals surface area contributed by atoms with Crippen molar-refractivity contribution in [2.24, 2.45) is 0 Å². The number of thiophene rings is 1. The molecule has 5 nitrogen and oxygen atoms in total. The topological polar surface area (TPSA) is 71.3 Å². The molecule has 0 bridgehead atoms. The van der Waals surface area contributed by atoms with Gasteiger partial charge in [0.1, 0.15) is 11.8 Å². The molecule has 2 N–H and O–H groups in total. The van der Waals surface area contributed by atoms with Gasteiger partial charge in [-0.3, -0.25) is 9.59 Å². The van der Waals surface area contributed by atoms with E-state index in [0.29, 0.717) is 40.0 Å². The summed E-state index contributed by atoms with van der Waals surface area (Å²) in [5.74, 6) is 0.138. The van der Waals surface area contributed by atoms with E-state index in [0.717, 1.165) is 17.1 Å². The van der Waals surface area contributed by atoms with Crippen LogP contribution in [-0.2, 0) is 4.79 Å². The second kappa shape index (κ2) is 7.90. The van der Waals surface area contributed by atoms with Crippen LogP contribution in [0.1, 0.15) is 35.2 Å². The van der Waals surface area contributed by atoms with Gasteiger partial charge in [0.15, 0.2) is 11.2 Å². The predicted octanol–water partition coefficient (Wildman–Crippen LogP) is 6.49. The lowest BCUT2D eigenvalue weighted by Gasteiger charge is -2.28. The Balaban J connectivity index is 1.54. The fourth-order valence-electron chi connectivity index (χ4n) is 4.77.